The standard InChI is InChI=1S/C23H40/c1-3-5-6-9-21-16-18-23(19-17-21)11-8-7-10-22-14-12-20(4-2)13-15-22/h3,5,7,10,20-23H,4,6,8-9,11-19H2,1-2H3. The molecule has 0 aromatic rings. The molecule has 2 fully saturated rings. The molecule has 2 aliphatic carbocycles. The highest BCUT2D eigenvalue weighted by molar-refractivity contribution is 4.91. The molecule has 0 aliphatic heterocycles. The first-order valence-electron chi connectivity index (χ1n) is 10.6. The van der Waals surface area contributed by atoms with Crippen LogP contribution in [-0.4, -0.2) is 0 Å². The third-order valence-corrected chi connectivity index (χ3v) is 6.56. The van der Waals surface area contributed by atoms with E-state index in [1.807, 2.05) is 0 Å². The van der Waals surface area contributed by atoms with Crippen molar-refractivity contribution in [1.82, 2.24) is 0 Å². The summed E-state index contributed by atoms with van der Waals surface area (Å²) in [5, 5.41) is 0. The van der Waals surface area contributed by atoms with Gasteiger partial charge in [0.2, 0.25) is 0 Å². The van der Waals surface area contributed by atoms with Gasteiger partial charge < -0.3 is 0 Å². The molecule has 0 atom stereocenters. The first-order chi connectivity index (χ1) is 11.3. The van der Waals surface area contributed by atoms with Crippen molar-refractivity contribution in [2.24, 2.45) is 23.7 Å². The Bertz CT molecular complexity index is 335. The van der Waals surface area contributed by atoms with Gasteiger partial charge in [0, 0.05) is 0 Å². The van der Waals surface area contributed by atoms with E-state index in [2.05, 4.69) is 38.2 Å². The lowest BCUT2D eigenvalue weighted by atomic mass is 9.78. The summed E-state index contributed by atoms with van der Waals surface area (Å²) in [6, 6.07) is 0. The van der Waals surface area contributed by atoms with Gasteiger partial charge in [-0.15, -0.1) is 0 Å². The highest BCUT2D eigenvalue weighted by Gasteiger charge is 2.20. The minimum Gasteiger partial charge on any atom is -0.0917 e. The molecule has 0 heterocycles. The van der Waals surface area contributed by atoms with Crippen molar-refractivity contribution in [1.29, 1.82) is 0 Å². The van der Waals surface area contributed by atoms with Crippen LogP contribution in [0.15, 0.2) is 24.3 Å². The van der Waals surface area contributed by atoms with Crippen molar-refractivity contribution in [3.8, 4) is 0 Å². The van der Waals surface area contributed by atoms with Crippen LogP contribution in [0.25, 0.3) is 0 Å². The summed E-state index contributed by atoms with van der Waals surface area (Å²) in [5.41, 5.74) is 0. The molecule has 0 nitrogen and oxygen atoms in total. The molecular weight excluding hydrogens is 276 g/mol. The van der Waals surface area contributed by atoms with Gasteiger partial charge in [-0.1, -0.05) is 63.3 Å². The van der Waals surface area contributed by atoms with Gasteiger partial charge in [0.25, 0.3) is 0 Å². The predicted octanol–water partition coefficient (Wildman–Crippen LogP) is 7.70. The molecule has 2 rings (SSSR count). The lowest BCUT2D eigenvalue weighted by Crippen LogP contribution is -2.14. The monoisotopic (exact) mass is 316 g/mol. The van der Waals surface area contributed by atoms with Gasteiger partial charge in [-0.25, -0.2) is 0 Å². The van der Waals surface area contributed by atoms with Crippen LogP contribution in [0.5, 0.6) is 0 Å². The third kappa shape index (κ3) is 7.27. The first kappa shape index (κ1) is 18.8. The molecule has 0 spiro atoms. The Labute approximate surface area is 145 Å². The third-order valence-electron chi connectivity index (χ3n) is 6.56. The summed E-state index contributed by atoms with van der Waals surface area (Å²) >= 11 is 0. The molecule has 0 N–H and O–H groups in total. The zero-order valence-corrected chi connectivity index (χ0v) is 15.8. The molecule has 2 aliphatic rings. The van der Waals surface area contributed by atoms with Crippen molar-refractivity contribution >= 4 is 0 Å². The first-order valence-corrected chi connectivity index (χ1v) is 10.6. The van der Waals surface area contributed by atoms with Gasteiger partial charge in [0.05, 0.1) is 0 Å². The summed E-state index contributed by atoms with van der Waals surface area (Å²) in [6.45, 7) is 4.50. The van der Waals surface area contributed by atoms with Gasteiger partial charge in [0.1, 0.15) is 0 Å². The molecular formula is C23H40. The van der Waals surface area contributed by atoms with Crippen molar-refractivity contribution in [2.75, 3.05) is 0 Å². The number of hydrogen-bond donors (Lipinski definition) is 0. The Morgan fingerprint density at radius 3 is 1.74 bits per heavy atom. The zero-order chi connectivity index (χ0) is 16.3. The topological polar surface area (TPSA) is 0 Å². The van der Waals surface area contributed by atoms with Crippen LogP contribution in [0.4, 0.5) is 0 Å². The fourth-order valence-electron chi connectivity index (χ4n) is 4.72. The number of allylic oxidation sites excluding steroid dienone is 4. The van der Waals surface area contributed by atoms with Crippen LogP contribution in [0, 0.1) is 23.7 Å². The van der Waals surface area contributed by atoms with E-state index in [1.165, 1.54) is 83.5 Å². The maximum absolute atomic E-state index is 2.56. The second-order valence-corrected chi connectivity index (χ2v) is 8.23. The smallest absolute Gasteiger partial charge is 0.0233 e. The van der Waals surface area contributed by atoms with Crippen LogP contribution >= 0.6 is 0 Å². The van der Waals surface area contributed by atoms with Gasteiger partial charge in [0.15, 0.2) is 0 Å². The van der Waals surface area contributed by atoms with Gasteiger partial charge in [-0.3, -0.25) is 0 Å². The average molecular weight is 317 g/mol. The van der Waals surface area contributed by atoms with E-state index in [1.54, 1.807) is 0 Å². The second kappa shape index (κ2) is 11.1. The van der Waals surface area contributed by atoms with Crippen molar-refractivity contribution < 1.29 is 0 Å². The van der Waals surface area contributed by atoms with Crippen molar-refractivity contribution in [2.45, 2.75) is 97.3 Å². The quantitative estimate of drug-likeness (QED) is 0.402. The zero-order valence-electron chi connectivity index (χ0n) is 15.8. The van der Waals surface area contributed by atoms with E-state index < -0.39 is 0 Å². The Morgan fingerprint density at radius 2 is 1.22 bits per heavy atom. The fourth-order valence-corrected chi connectivity index (χ4v) is 4.72. The molecule has 0 saturated heterocycles. The molecule has 0 unspecified atom stereocenters. The molecule has 132 valence electrons. The molecule has 0 radical (unpaired) electrons. The summed E-state index contributed by atoms with van der Waals surface area (Å²) < 4.78 is 0. The molecule has 0 aromatic heterocycles. The summed E-state index contributed by atoms with van der Waals surface area (Å²) in [5.74, 6) is 3.97. The lowest BCUT2D eigenvalue weighted by Gasteiger charge is -2.28. The van der Waals surface area contributed by atoms with Crippen LogP contribution < -0.4 is 0 Å². The minimum atomic E-state index is 0.903. The maximum atomic E-state index is 2.56. The van der Waals surface area contributed by atoms with E-state index >= 15 is 0 Å². The molecule has 0 aromatic carbocycles. The SMILES string of the molecule is CC=CCCC1CCC(CCC=CC2CCC(CC)CC2)CC1. The molecule has 2 saturated carbocycles. The van der Waals surface area contributed by atoms with E-state index in [9.17, 15) is 0 Å². The van der Waals surface area contributed by atoms with E-state index in [-0.39, 0.29) is 0 Å². The van der Waals surface area contributed by atoms with Crippen molar-refractivity contribution in [3.05, 3.63) is 24.3 Å². The summed E-state index contributed by atoms with van der Waals surface area (Å²) in [6.07, 6.45) is 28.4. The Morgan fingerprint density at radius 1 is 0.696 bits per heavy atom. The van der Waals surface area contributed by atoms with Crippen LogP contribution in [0.2, 0.25) is 0 Å². The van der Waals surface area contributed by atoms with Crippen LogP contribution in [0.1, 0.15) is 97.3 Å². The number of hydrogen-bond acceptors (Lipinski definition) is 0. The largest absolute Gasteiger partial charge is 0.0917 e. The molecule has 0 heteroatoms. The van der Waals surface area contributed by atoms with Gasteiger partial charge >= 0.3 is 0 Å². The number of rotatable bonds is 8. The molecule has 23 heavy (non-hydrogen) atoms. The van der Waals surface area contributed by atoms with Gasteiger partial charge in [-0.05, 0) is 82.0 Å². The maximum Gasteiger partial charge on any atom is -0.0233 e. The van der Waals surface area contributed by atoms with E-state index in [0.717, 1.165) is 23.7 Å². The molecule has 0 bridgehead atoms. The lowest BCUT2D eigenvalue weighted by molar-refractivity contribution is 0.255. The average Bonchev–Trinajstić information content (AvgIpc) is 2.61. The van der Waals surface area contributed by atoms with Gasteiger partial charge in [-0.2, -0.15) is 0 Å². The summed E-state index contributed by atoms with van der Waals surface area (Å²) in [7, 11) is 0. The normalized spacial score (nSPS) is 32.8. The van der Waals surface area contributed by atoms with E-state index in [4.69, 9.17) is 0 Å². The fraction of sp³-hybridized carbons (Fsp3) is 0.826. The second-order valence-electron chi connectivity index (χ2n) is 8.23. The minimum absolute atomic E-state index is 0.903. The Balaban J connectivity index is 1.53. The molecule has 0 amide bonds. The Kier molecular flexibility index (Phi) is 9.09. The Hall–Kier alpha value is -0.520. The summed E-state index contributed by atoms with van der Waals surface area (Å²) in [4.78, 5) is 0. The highest BCUT2D eigenvalue weighted by atomic mass is 14.3. The predicted molar refractivity (Wildman–Crippen MR) is 104 cm³/mol. The highest BCUT2D eigenvalue weighted by Crippen LogP contribution is 2.34. The van der Waals surface area contributed by atoms with E-state index in [0.29, 0.717) is 0 Å². The van der Waals surface area contributed by atoms with Crippen LogP contribution in [0.3, 0.4) is 0 Å². The van der Waals surface area contributed by atoms with Crippen molar-refractivity contribution in [3.63, 3.8) is 0 Å². The van der Waals surface area contributed by atoms with Crippen LogP contribution in [-0.2, 0) is 0 Å².